The second-order valence-corrected chi connectivity index (χ2v) is 5.41. The molecule has 0 atom stereocenters. The molecule has 1 aliphatic rings. The monoisotopic (exact) mass is 286 g/mol. The lowest BCUT2D eigenvalue weighted by molar-refractivity contribution is 0.102. The van der Waals surface area contributed by atoms with E-state index in [0.29, 0.717) is 17.2 Å². The van der Waals surface area contributed by atoms with Crippen molar-refractivity contribution in [3.05, 3.63) is 42.1 Å². The molecule has 6 heteroatoms. The van der Waals surface area contributed by atoms with Crippen LogP contribution >= 0.6 is 11.8 Å². The van der Waals surface area contributed by atoms with Gasteiger partial charge in [-0.2, -0.15) is 0 Å². The average Bonchev–Trinajstić information content (AvgIpc) is 3.32. The molecule has 5 nitrogen and oxygen atoms in total. The highest BCUT2D eigenvalue weighted by Crippen LogP contribution is 2.37. The Labute approximate surface area is 121 Å². The largest absolute Gasteiger partial charge is 0.320 e. The van der Waals surface area contributed by atoms with E-state index in [9.17, 15) is 4.79 Å². The van der Waals surface area contributed by atoms with Gasteiger partial charge >= 0.3 is 0 Å². The number of hydrogen-bond acceptors (Lipinski definition) is 5. The third-order valence-corrected chi connectivity index (χ3v) is 3.80. The molecule has 0 unspecified atom stereocenters. The van der Waals surface area contributed by atoms with Gasteiger partial charge in [0, 0.05) is 24.5 Å². The molecule has 1 N–H and O–H groups in total. The van der Waals surface area contributed by atoms with E-state index < -0.39 is 0 Å². The predicted octanol–water partition coefficient (Wildman–Crippen LogP) is 2.72. The van der Waals surface area contributed by atoms with Gasteiger partial charge in [-0.1, -0.05) is 0 Å². The molecule has 1 saturated carbocycles. The summed E-state index contributed by atoms with van der Waals surface area (Å²) >= 11 is 1.49. The van der Waals surface area contributed by atoms with Gasteiger partial charge in [0.1, 0.15) is 10.9 Å². The Bertz CT molecular complexity index is 625. The van der Waals surface area contributed by atoms with Crippen molar-refractivity contribution in [2.75, 3.05) is 11.6 Å². The van der Waals surface area contributed by atoms with Crippen molar-refractivity contribution in [1.82, 2.24) is 15.0 Å². The first-order valence-corrected chi connectivity index (χ1v) is 7.62. The van der Waals surface area contributed by atoms with E-state index in [-0.39, 0.29) is 5.91 Å². The van der Waals surface area contributed by atoms with Gasteiger partial charge in [0.25, 0.3) is 5.91 Å². The van der Waals surface area contributed by atoms with Crippen molar-refractivity contribution in [1.29, 1.82) is 0 Å². The number of thioether (sulfide) groups is 1. The molecule has 3 rings (SSSR count). The van der Waals surface area contributed by atoms with Crippen LogP contribution in [0, 0.1) is 0 Å². The van der Waals surface area contributed by atoms with Crippen LogP contribution in [-0.4, -0.2) is 27.1 Å². The Kier molecular flexibility index (Phi) is 3.64. The zero-order chi connectivity index (χ0) is 13.9. The number of carbonyl (C=O) groups excluding carboxylic acids is 1. The Hall–Kier alpha value is -1.95. The smallest absolute Gasteiger partial charge is 0.258 e. The molecule has 20 heavy (non-hydrogen) atoms. The van der Waals surface area contributed by atoms with Crippen molar-refractivity contribution < 1.29 is 4.79 Å². The standard InChI is InChI=1S/C14H14N4OS/c1-20-14-11(3-2-6-15-14)18-13(19)10-7-16-12(17-8-10)9-4-5-9/h2-3,6-9H,4-5H2,1H3,(H,18,19). The van der Waals surface area contributed by atoms with Crippen LogP contribution in [0.25, 0.3) is 0 Å². The second-order valence-electron chi connectivity index (χ2n) is 4.62. The molecule has 1 aliphatic carbocycles. The maximum Gasteiger partial charge on any atom is 0.258 e. The molecule has 102 valence electrons. The highest BCUT2D eigenvalue weighted by molar-refractivity contribution is 7.98. The number of pyridine rings is 1. The van der Waals surface area contributed by atoms with Crippen LogP contribution in [0.5, 0.6) is 0 Å². The summed E-state index contributed by atoms with van der Waals surface area (Å²) in [6, 6.07) is 3.62. The number of hydrogen-bond donors (Lipinski definition) is 1. The van der Waals surface area contributed by atoms with Gasteiger partial charge < -0.3 is 5.32 Å². The third-order valence-electron chi connectivity index (χ3n) is 3.09. The Morgan fingerprint density at radius 2 is 2.05 bits per heavy atom. The fourth-order valence-corrected chi connectivity index (χ4v) is 2.36. The summed E-state index contributed by atoms with van der Waals surface area (Å²) < 4.78 is 0. The maximum absolute atomic E-state index is 12.2. The fourth-order valence-electron chi connectivity index (χ4n) is 1.85. The molecule has 2 aromatic heterocycles. The van der Waals surface area contributed by atoms with Crippen molar-refractivity contribution >= 4 is 23.4 Å². The SMILES string of the molecule is CSc1ncccc1NC(=O)c1cnc(C2CC2)nc1. The lowest BCUT2D eigenvalue weighted by Crippen LogP contribution is -2.14. The highest BCUT2D eigenvalue weighted by atomic mass is 32.2. The van der Waals surface area contributed by atoms with Crippen molar-refractivity contribution in [3.63, 3.8) is 0 Å². The van der Waals surface area contributed by atoms with Gasteiger partial charge in [-0.15, -0.1) is 11.8 Å². The van der Waals surface area contributed by atoms with E-state index in [1.165, 1.54) is 11.8 Å². The number of aromatic nitrogens is 3. The number of amides is 1. The van der Waals surface area contributed by atoms with Crippen LogP contribution in [-0.2, 0) is 0 Å². The van der Waals surface area contributed by atoms with Crippen LogP contribution in [0.3, 0.4) is 0 Å². The van der Waals surface area contributed by atoms with Gasteiger partial charge in [0.2, 0.25) is 0 Å². The van der Waals surface area contributed by atoms with Crippen LogP contribution in [0.15, 0.2) is 35.7 Å². The van der Waals surface area contributed by atoms with Crippen LogP contribution in [0.2, 0.25) is 0 Å². The summed E-state index contributed by atoms with van der Waals surface area (Å²) in [6.45, 7) is 0. The van der Waals surface area contributed by atoms with Crippen LogP contribution in [0.4, 0.5) is 5.69 Å². The summed E-state index contributed by atoms with van der Waals surface area (Å²) in [4.78, 5) is 24.9. The first-order valence-electron chi connectivity index (χ1n) is 6.40. The number of rotatable bonds is 4. The summed E-state index contributed by atoms with van der Waals surface area (Å²) in [6.07, 6.45) is 9.10. The maximum atomic E-state index is 12.2. The van der Waals surface area contributed by atoms with Crippen molar-refractivity contribution in [2.24, 2.45) is 0 Å². The highest BCUT2D eigenvalue weighted by Gasteiger charge is 2.26. The van der Waals surface area contributed by atoms with Gasteiger partial charge in [-0.25, -0.2) is 15.0 Å². The van der Waals surface area contributed by atoms with E-state index in [1.807, 2.05) is 12.3 Å². The first-order chi connectivity index (χ1) is 9.78. The van der Waals surface area contributed by atoms with Crippen LogP contribution in [0.1, 0.15) is 34.9 Å². The minimum absolute atomic E-state index is 0.212. The lowest BCUT2D eigenvalue weighted by Gasteiger charge is -2.08. The third kappa shape index (κ3) is 2.80. The number of nitrogens with one attached hydrogen (secondary N) is 1. The molecule has 0 saturated heterocycles. The van der Waals surface area contributed by atoms with E-state index in [0.717, 1.165) is 23.7 Å². The summed E-state index contributed by atoms with van der Waals surface area (Å²) in [5.74, 6) is 1.12. The van der Waals surface area contributed by atoms with E-state index in [2.05, 4.69) is 20.3 Å². The zero-order valence-electron chi connectivity index (χ0n) is 11.0. The Balaban J connectivity index is 1.75. The summed E-state index contributed by atoms with van der Waals surface area (Å²) in [7, 11) is 0. The van der Waals surface area contributed by atoms with Gasteiger partial charge in [0.05, 0.1) is 11.3 Å². The lowest BCUT2D eigenvalue weighted by atomic mass is 10.3. The molecule has 0 radical (unpaired) electrons. The molecule has 0 aromatic carbocycles. The van der Waals surface area contributed by atoms with E-state index >= 15 is 0 Å². The summed E-state index contributed by atoms with van der Waals surface area (Å²) in [5, 5.41) is 3.63. The number of anilines is 1. The Morgan fingerprint density at radius 3 is 2.70 bits per heavy atom. The quantitative estimate of drug-likeness (QED) is 0.875. The Morgan fingerprint density at radius 1 is 1.30 bits per heavy atom. The predicted molar refractivity (Wildman–Crippen MR) is 78.0 cm³/mol. The van der Waals surface area contributed by atoms with Crippen molar-refractivity contribution in [2.45, 2.75) is 23.8 Å². The van der Waals surface area contributed by atoms with Gasteiger partial charge in [-0.05, 0) is 31.2 Å². The minimum Gasteiger partial charge on any atom is -0.320 e. The summed E-state index contributed by atoms with van der Waals surface area (Å²) in [5.41, 5.74) is 1.17. The number of nitrogens with zero attached hydrogens (tertiary/aromatic N) is 3. The fraction of sp³-hybridized carbons (Fsp3) is 0.286. The van der Waals surface area contributed by atoms with E-state index in [1.54, 1.807) is 24.7 Å². The molecule has 1 amide bonds. The first kappa shape index (κ1) is 13.1. The molecule has 0 aliphatic heterocycles. The molecular weight excluding hydrogens is 272 g/mol. The second kappa shape index (κ2) is 5.58. The van der Waals surface area contributed by atoms with E-state index in [4.69, 9.17) is 0 Å². The van der Waals surface area contributed by atoms with Gasteiger partial charge in [-0.3, -0.25) is 4.79 Å². The molecule has 2 heterocycles. The molecule has 1 fully saturated rings. The normalized spacial score (nSPS) is 14.1. The molecule has 2 aromatic rings. The van der Waals surface area contributed by atoms with Crippen LogP contribution < -0.4 is 5.32 Å². The molecule has 0 spiro atoms. The van der Waals surface area contributed by atoms with Gasteiger partial charge in [0.15, 0.2) is 0 Å². The number of carbonyl (C=O) groups is 1. The van der Waals surface area contributed by atoms with Crippen molar-refractivity contribution in [3.8, 4) is 0 Å². The average molecular weight is 286 g/mol. The minimum atomic E-state index is -0.212. The molecular formula is C14H14N4OS. The zero-order valence-corrected chi connectivity index (χ0v) is 11.9. The molecule has 0 bridgehead atoms. The topological polar surface area (TPSA) is 67.8 Å².